The van der Waals surface area contributed by atoms with Crippen LogP contribution in [-0.2, 0) is 22.4 Å². The van der Waals surface area contributed by atoms with E-state index in [1.165, 1.54) is 15.5 Å². The summed E-state index contributed by atoms with van der Waals surface area (Å²) in [5.41, 5.74) is 0.955. The Morgan fingerprint density at radius 1 is 1.28 bits per heavy atom. The summed E-state index contributed by atoms with van der Waals surface area (Å²) in [5.74, 6) is -0.570. The number of aryl methyl sites for hydroxylation is 2. The number of carbonyl (C=O) groups excluding carboxylic acids is 1. The van der Waals surface area contributed by atoms with Crippen LogP contribution < -0.4 is 10.9 Å². The zero-order chi connectivity index (χ0) is 22.1. The summed E-state index contributed by atoms with van der Waals surface area (Å²) in [4.78, 5) is 32.7. The minimum atomic E-state index is -0.496. The molecule has 1 aliphatic carbocycles. The summed E-state index contributed by atoms with van der Waals surface area (Å²) in [6.07, 6.45) is 5.96. The molecule has 2 aromatic heterocycles. The molecule has 1 atom stereocenters. The van der Waals surface area contributed by atoms with Crippen LogP contribution in [0.5, 0.6) is 0 Å². The molecule has 3 heterocycles. The third-order valence-corrected chi connectivity index (χ3v) is 8.06. The summed E-state index contributed by atoms with van der Waals surface area (Å²) in [6, 6.07) is 6.19. The Labute approximate surface area is 193 Å². The Balaban J connectivity index is 1.49. The SMILES string of the molecule is O=C(CSc1nc2sc3c(c2c(=O)n1-c1ccccc1F)CCCC3)NC[C@@H]1CCCO1. The monoisotopic (exact) mass is 473 g/mol. The normalized spacial score (nSPS) is 18.1. The second kappa shape index (κ2) is 9.33. The van der Waals surface area contributed by atoms with Gasteiger partial charge >= 0.3 is 0 Å². The minimum Gasteiger partial charge on any atom is -0.376 e. The predicted molar refractivity (Wildman–Crippen MR) is 125 cm³/mol. The summed E-state index contributed by atoms with van der Waals surface area (Å²) >= 11 is 2.70. The van der Waals surface area contributed by atoms with Crippen LogP contribution in [0.1, 0.15) is 36.1 Å². The second-order valence-electron chi connectivity index (χ2n) is 8.11. The number of amides is 1. The van der Waals surface area contributed by atoms with E-state index < -0.39 is 5.82 Å². The summed E-state index contributed by atoms with van der Waals surface area (Å²) in [7, 11) is 0. The number of nitrogens with zero attached hydrogens (tertiary/aromatic N) is 2. The van der Waals surface area contributed by atoms with Gasteiger partial charge < -0.3 is 10.1 Å². The molecule has 0 unspecified atom stereocenters. The molecule has 1 amide bonds. The maximum absolute atomic E-state index is 14.7. The molecular formula is C23H24FN3O3S2. The van der Waals surface area contributed by atoms with Crippen LogP contribution in [0.3, 0.4) is 0 Å². The molecule has 1 saturated heterocycles. The van der Waals surface area contributed by atoms with Crippen LogP contribution in [0.4, 0.5) is 4.39 Å². The molecule has 1 aliphatic heterocycles. The number of benzene rings is 1. The number of thiophene rings is 1. The molecule has 0 spiro atoms. The van der Waals surface area contributed by atoms with Gasteiger partial charge in [0.2, 0.25) is 5.91 Å². The molecule has 0 bridgehead atoms. The average molecular weight is 474 g/mol. The number of carbonyl (C=O) groups is 1. The smallest absolute Gasteiger partial charge is 0.267 e. The number of thioether (sulfide) groups is 1. The maximum atomic E-state index is 14.7. The molecule has 1 N–H and O–H groups in total. The van der Waals surface area contributed by atoms with Gasteiger partial charge in [-0.3, -0.25) is 14.2 Å². The highest BCUT2D eigenvalue weighted by Crippen LogP contribution is 2.35. The van der Waals surface area contributed by atoms with Crippen molar-refractivity contribution in [2.45, 2.75) is 49.8 Å². The Kier molecular flexibility index (Phi) is 6.30. The molecule has 5 rings (SSSR count). The Hall–Kier alpha value is -2.23. The number of halogens is 1. The lowest BCUT2D eigenvalue weighted by Crippen LogP contribution is -2.33. The van der Waals surface area contributed by atoms with E-state index in [-0.39, 0.29) is 29.0 Å². The first-order valence-corrected chi connectivity index (χ1v) is 12.8. The summed E-state index contributed by atoms with van der Waals surface area (Å²) < 4.78 is 21.6. The average Bonchev–Trinajstić information content (AvgIpc) is 3.44. The topological polar surface area (TPSA) is 73.2 Å². The first-order chi connectivity index (χ1) is 15.6. The summed E-state index contributed by atoms with van der Waals surface area (Å²) in [5, 5.41) is 3.81. The van der Waals surface area contributed by atoms with Crippen molar-refractivity contribution in [1.82, 2.24) is 14.9 Å². The highest BCUT2D eigenvalue weighted by Gasteiger charge is 2.24. The van der Waals surface area contributed by atoms with Gasteiger partial charge in [0.05, 0.1) is 22.9 Å². The van der Waals surface area contributed by atoms with Crippen molar-refractivity contribution in [3.05, 3.63) is 50.9 Å². The van der Waals surface area contributed by atoms with Gasteiger partial charge in [0.15, 0.2) is 5.16 Å². The van der Waals surface area contributed by atoms with Crippen molar-refractivity contribution < 1.29 is 13.9 Å². The fourth-order valence-electron chi connectivity index (χ4n) is 4.34. The van der Waals surface area contributed by atoms with Crippen LogP contribution in [-0.4, -0.2) is 40.5 Å². The molecule has 168 valence electrons. The Bertz CT molecular complexity index is 1220. The number of fused-ring (bicyclic) bond motifs is 3. The zero-order valence-electron chi connectivity index (χ0n) is 17.6. The molecule has 6 nitrogen and oxygen atoms in total. The quantitative estimate of drug-likeness (QED) is 0.435. The van der Waals surface area contributed by atoms with Gasteiger partial charge in [-0.15, -0.1) is 11.3 Å². The van der Waals surface area contributed by atoms with Gasteiger partial charge in [-0.05, 0) is 56.2 Å². The van der Waals surface area contributed by atoms with E-state index >= 15 is 0 Å². The first kappa shape index (κ1) is 21.6. The van der Waals surface area contributed by atoms with Gasteiger partial charge in [-0.25, -0.2) is 9.37 Å². The van der Waals surface area contributed by atoms with E-state index in [4.69, 9.17) is 9.72 Å². The van der Waals surface area contributed by atoms with Crippen LogP contribution in [0.15, 0.2) is 34.2 Å². The van der Waals surface area contributed by atoms with E-state index in [1.807, 2.05) is 0 Å². The van der Waals surface area contributed by atoms with E-state index in [0.29, 0.717) is 21.9 Å². The third-order valence-electron chi connectivity index (χ3n) is 5.93. The molecule has 1 aromatic carbocycles. The minimum absolute atomic E-state index is 0.0625. The van der Waals surface area contributed by atoms with Crippen LogP contribution in [0, 0.1) is 5.82 Å². The highest BCUT2D eigenvalue weighted by atomic mass is 32.2. The number of para-hydroxylation sites is 1. The van der Waals surface area contributed by atoms with E-state index in [1.54, 1.807) is 29.5 Å². The molecule has 2 aliphatic rings. The lowest BCUT2D eigenvalue weighted by atomic mass is 9.97. The van der Waals surface area contributed by atoms with E-state index in [0.717, 1.165) is 62.5 Å². The number of ether oxygens (including phenoxy) is 1. The van der Waals surface area contributed by atoms with Gasteiger partial charge in [-0.2, -0.15) is 0 Å². The van der Waals surface area contributed by atoms with E-state index in [2.05, 4.69) is 5.32 Å². The van der Waals surface area contributed by atoms with Crippen molar-refractivity contribution in [2.75, 3.05) is 18.9 Å². The molecule has 1 fully saturated rings. The van der Waals surface area contributed by atoms with Crippen molar-refractivity contribution in [3.8, 4) is 5.69 Å². The number of rotatable bonds is 6. The molecule has 0 radical (unpaired) electrons. The number of aromatic nitrogens is 2. The van der Waals surface area contributed by atoms with Crippen LogP contribution in [0.25, 0.3) is 15.9 Å². The summed E-state index contributed by atoms with van der Waals surface area (Å²) in [6.45, 7) is 1.21. The Morgan fingerprint density at radius 2 is 2.12 bits per heavy atom. The van der Waals surface area contributed by atoms with Crippen LogP contribution >= 0.6 is 23.1 Å². The highest BCUT2D eigenvalue weighted by molar-refractivity contribution is 7.99. The predicted octanol–water partition coefficient (Wildman–Crippen LogP) is 3.85. The van der Waals surface area contributed by atoms with Gasteiger partial charge in [0.25, 0.3) is 5.56 Å². The van der Waals surface area contributed by atoms with Crippen molar-refractivity contribution in [2.24, 2.45) is 0 Å². The largest absolute Gasteiger partial charge is 0.376 e. The van der Waals surface area contributed by atoms with Crippen molar-refractivity contribution >= 4 is 39.2 Å². The fraction of sp³-hybridized carbons (Fsp3) is 0.435. The van der Waals surface area contributed by atoms with Gasteiger partial charge in [0.1, 0.15) is 10.6 Å². The van der Waals surface area contributed by atoms with Crippen LogP contribution in [0.2, 0.25) is 0 Å². The fourth-order valence-corrected chi connectivity index (χ4v) is 6.48. The van der Waals surface area contributed by atoms with E-state index in [9.17, 15) is 14.0 Å². The lowest BCUT2D eigenvalue weighted by Gasteiger charge is -2.14. The standard InChI is InChI=1S/C23H24FN3O3S2/c24-16-8-2-3-9-17(16)27-22(29)20-15-7-1-4-10-18(15)32-21(20)26-23(27)31-13-19(28)25-12-14-6-5-11-30-14/h2-3,8-9,14H,1,4-7,10-13H2,(H,25,28)/t14-/m0/s1. The Morgan fingerprint density at radius 3 is 2.94 bits per heavy atom. The maximum Gasteiger partial charge on any atom is 0.267 e. The molecule has 32 heavy (non-hydrogen) atoms. The molecular weight excluding hydrogens is 449 g/mol. The van der Waals surface area contributed by atoms with Crippen molar-refractivity contribution in [1.29, 1.82) is 0 Å². The molecule has 3 aromatic rings. The van der Waals surface area contributed by atoms with Crippen molar-refractivity contribution in [3.63, 3.8) is 0 Å². The van der Waals surface area contributed by atoms with Gasteiger partial charge in [-0.1, -0.05) is 23.9 Å². The number of hydrogen-bond acceptors (Lipinski definition) is 6. The lowest BCUT2D eigenvalue weighted by molar-refractivity contribution is -0.119. The number of nitrogens with one attached hydrogen (secondary N) is 1. The zero-order valence-corrected chi connectivity index (χ0v) is 19.2. The number of hydrogen-bond donors (Lipinski definition) is 1. The molecule has 9 heteroatoms. The van der Waals surface area contributed by atoms with Gasteiger partial charge in [0, 0.05) is 18.0 Å². The second-order valence-corrected chi connectivity index (χ2v) is 10.1. The third kappa shape index (κ3) is 4.21. The first-order valence-electron chi connectivity index (χ1n) is 10.9. The molecule has 0 saturated carbocycles.